The molecule has 1 aromatic heterocycles. The lowest BCUT2D eigenvalue weighted by Gasteiger charge is -2.17. The summed E-state index contributed by atoms with van der Waals surface area (Å²) in [6.45, 7) is 4.56. The number of tetrazole rings is 1. The SMILES string of the molecule is CC(C)Oc1c(Br)cc(Br)cc1CNc1nnnn1C. The lowest BCUT2D eigenvalue weighted by Crippen LogP contribution is -2.11. The number of nitrogens with zero attached hydrogens (tertiary/aromatic N) is 4. The van der Waals surface area contributed by atoms with E-state index in [2.05, 4.69) is 52.7 Å². The summed E-state index contributed by atoms with van der Waals surface area (Å²) in [5, 5.41) is 14.4. The van der Waals surface area contributed by atoms with Crippen molar-refractivity contribution in [2.24, 2.45) is 7.05 Å². The zero-order valence-electron chi connectivity index (χ0n) is 11.4. The molecule has 0 spiro atoms. The smallest absolute Gasteiger partial charge is 0.242 e. The van der Waals surface area contributed by atoms with Crippen LogP contribution in [0.1, 0.15) is 19.4 Å². The van der Waals surface area contributed by atoms with Crippen molar-refractivity contribution in [1.82, 2.24) is 20.2 Å². The van der Waals surface area contributed by atoms with E-state index in [0.717, 1.165) is 20.3 Å². The molecule has 1 heterocycles. The molecule has 0 fully saturated rings. The molecule has 0 unspecified atom stereocenters. The van der Waals surface area contributed by atoms with Gasteiger partial charge < -0.3 is 10.1 Å². The number of nitrogens with one attached hydrogen (secondary N) is 1. The molecule has 6 nitrogen and oxygen atoms in total. The van der Waals surface area contributed by atoms with Crippen molar-refractivity contribution in [1.29, 1.82) is 0 Å². The van der Waals surface area contributed by atoms with Crippen molar-refractivity contribution >= 4 is 37.8 Å². The summed E-state index contributed by atoms with van der Waals surface area (Å²) in [6, 6.07) is 3.98. The number of benzene rings is 1. The molecular formula is C12H15Br2N5O. The fraction of sp³-hybridized carbons (Fsp3) is 0.417. The molecule has 20 heavy (non-hydrogen) atoms. The van der Waals surface area contributed by atoms with E-state index in [0.29, 0.717) is 12.5 Å². The maximum absolute atomic E-state index is 5.87. The molecule has 2 rings (SSSR count). The molecule has 108 valence electrons. The summed E-state index contributed by atoms with van der Waals surface area (Å²) >= 11 is 7.02. The zero-order valence-corrected chi connectivity index (χ0v) is 14.6. The van der Waals surface area contributed by atoms with E-state index in [4.69, 9.17) is 4.74 Å². The van der Waals surface area contributed by atoms with Gasteiger partial charge in [0.15, 0.2) is 0 Å². The highest BCUT2D eigenvalue weighted by Gasteiger charge is 2.12. The lowest BCUT2D eigenvalue weighted by molar-refractivity contribution is 0.238. The quantitative estimate of drug-likeness (QED) is 0.829. The Morgan fingerprint density at radius 2 is 2.10 bits per heavy atom. The zero-order chi connectivity index (χ0) is 14.7. The summed E-state index contributed by atoms with van der Waals surface area (Å²) in [5.74, 6) is 1.43. The van der Waals surface area contributed by atoms with E-state index >= 15 is 0 Å². The van der Waals surface area contributed by atoms with Crippen LogP contribution in [0.25, 0.3) is 0 Å². The maximum atomic E-state index is 5.87. The number of ether oxygens (including phenoxy) is 1. The minimum Gasteiger partial charge on any atom is -0.489 e. The van der Waals surface area contributed by atoms with Crippen molar-refractivity contribution < 1.29 is 4.74 Å². The average Bonchev–Trinajstić information content (AvgIpc) is 2.76. The second-order valence-electron chi connectivity index (χ2n) is 4.52. The van der Waals surface area contributed by atoms with Gasteiger partial charge in [0.1, 0.15) is 5.75 Å². The number of aromatic nitrogens is 4. The number of anilines is 1. The van der Waals surface area contributed by atoms with E-state index in [1.165, 1.54) is 0 Å². The van der Waals surface area contributed by atoms with Crippen LogP contribution in [0.2, 0.25) is 0 Å². The van der Waals surface area contributed by atoms with Gasteiger partial charge in [-0.3, -0.25) is 0 Å². The Labute approximate surface area is 134 Å². The predicted octanol–water partition coefficient (Wildman–Crippen LogP) is 3.13. The van der Waals surface area contributed by atoms with Gasteiger partial charge in [0.25, 0.3) is 0 Å². The molecule has 0 atom stereocenters. The average molecular weight is 405 g/mol. The van der Waals surface area contributed by atoms with E-state index in [9.17, 15) is 0 Å². The molecule has 0 bridgehead atoms. The molecule has 0 saturated heterocycles. The molecule has 1 aromatic carbocycles. The van der Waals surface area contributed by atoms with Gasteiger partial charge >= 0.3 is 0 Å². The van der Waals surface area contributed by atoms with Gasteiger partial charge in [-0.15, -0.1) is 0 Å². The Balaban J connectivity index is 2.23. The molecule has 2 aromatic rings. The summed E-state index contributed by atoms with van der Waals surface area (Å²) < 4.78 is 9.34. The van der Waals surface area contributed by atoms with Gasteiger partial charge in [0.05, 0.1) is 10.6 Å². The van der Waals surface area contributed by atoms with Gasteiger partial charge in [-0.1, -0.05) is 21.0 Å². The van der Waals surface area contributed by atoms with Crippen LogP contribution in [0.5, 0.6) is 5.75 Å². The topological polar surface area (TPSA) is 64.9 Å². The fourth-order valence-corrected chi connectivity index (χ4v) is 3.07. The van der Waals surface area contributed by atoms with Crippen LogP contribution in [-0.2, 0) is 13.6 Å². The highest BCUT2D eigenvalue weighted by Crippen LogP contribution is 2.34. The third-order valence-corrected chi connectivity index (χ3v) is 3.54. The molecule has 0 radical (unpaired) electrons. The van der Waals surface area contributed by atoms with Crippen LogP contribution in [0.15, 0.2) is 21.1 Å². The number of hydrogen-bond acceptors (Lipinski definition) is 5. The number of aryl methyl sites for hydroxylation is 1. The Hall–Kier alpha value is -1.15. The standard InChI is InChI=1S/C12H15Br2N5O/c1-7(2)20-11-8(4-9(13)5-10(11)14)6-15-12-16-17-18-19(12)3/h4-5,7H,6H2,1-3H3,(H,15,16,18). The molecule has 8 heteroatoms. The second kappa shape index (κ2) is 6.53. The molecule has 0 aliphatic carbocycles. The summed E-state index contributed by atoms with van der Waals surface area (Å²) in [7, 11) is 1.78. The summed E-state index contributed by atoms with van der Waals surface area (Å²) in [4.78, 5) is 0. The van der Waals surface area contributed by atoms with Crippen molar-refractivity contribution in [2.75, 3.05) is 5.32 Å². The van der Waals surface area contributed by atoms with Gasteiger partial charge in [-0.25, -0.2) is 4.68 Å². The third kappa shape index (κ3) is 3.69. The first kappa shape index (κ1) is 15.2. The Morgan fingerprint density at radius 1 is 1.35 bits per heavy atom. The van der Waals surface area contributed by atoms with E-state index < -0.39 is 0 Å². The van der Waals surface area contributed by atoms with Crippen molar-refractivity contribution in [2.45, 2.75) is 26.5 Å². The Kier molecular flexibility index (Phi) is 4.98. The van der Waals surface area contributed by atoms with Crippen LogP contribution >= 0.6 is 31.9 Å². The molecule has 0 aliphatic rings. The number of rotatable bonds is 5. The first-order valence-corrected chi connectivity index (χ1v) is 7.66. The minimum absolute atomic E-state index is 0.0997. The monoisotopic (exact) mass is 403 g/mol. The number of halogens is 2. The van der Waals surface area contributed by atoms with Gasteiger partial charge in [-0.2, -0.15) is 0 Å². The van der Waals surface area contributed by atoms with Gasteiger partial charge in [-0.05, 0) is 52.3 Å². The molecule has 0 saturated carbocycles. The molecule has 1 N–H and O–H groups in total. The van der Waals surface area contributed by atoms with Crippen LogP contribution in [0, 0.1) is 0 Å². The van der Waals surface area contributed by atoms with Gasteiger partial charge in [0, 0.05) is 23.6 Å². The highest BCUT2D eigenvalue weighted by molar-refractivity contribution is 9.11. The Bertz CT molecular complexity index is 600. The van der Waals surface area contributed by atoms with Crippen LogP contribution in [0.4, 0.5) is 5.95 Å². The normalized spacial score (nSPS) is 10.9. The predicted molar refractivity (Wildman–Crippen MR) is 83.7 cm³/mol. The van der Waals surface area contributed by atoms with E-state index in [1.54, 1.807) is 11.7 Å². The van der Waals surface area contributed by atoms with Gasteiger partial charge in [0.2, 0.25) is 5.95 Å². The first-order chi connectivity index (χ1) is 9.47. The first-order valence-electron chi connectivity index (χ1n) is 6.08. The van der Waals surface area contributed by atoms with Crippen molar-refractivity contribution in [3.05, 3.63) is 26.6 Å². The largest absolute Gasteiger partial charge is 0.489 e. The maximum Gasteiger partial charge on any atom is 0.242 e. The van der Waals surface area contributed by atoms with Crippen molar-refractivity contribution in [3.8, 4) is 5.75 Å². The highest BCUT2D eigenvalue weighted by atomic mass is 79.9. The molecule has 0 aliphatic heterocycles. The second-order valence-corrected chi connectivity index (χ2v) is 6.29. The van der Waals surface area contributed by atoms with Crippen LogP contribution < -0.4 is 10.1 Å². The van der Waals surface area contributed by atoms with Crippen molar-refractivity contribution in [3.63, 3.8) is 0 Å². The van der Waals surface area contributed by atoms with E-state index in [-0.39, 0.29) is 6.10 Å². The number of hydrogen-bond donors (Lipinski definition) is 1. The third-order valence-electron chi connectivity index (χ3n) is 2.50. The summed E-state index contributed by atoms with van der Waals surface area (Å²) in [5.41, 5.74) is 1.02. The van der Waals surface area contributed by atoms with Crippen LogP contribution in [0.3, 0.4) is 0 Å². The summed E-state index contributed by atoms with van der Waals surface area (Å²) in [6.07, 6.45) is 0.0997. The lowest BCUT2D eigenvalue weighted by atomic mass is 10.2. The van der Waals surface area contributed by atoms with E-state index in [1.807, 2.05) is 26.0 Å². The van der Waals surface area contributed by atoms with Crippen LogP contribution in [-0.4, -0.2) is 26.3 Å². The molecule has 0 amide bonds. The minimum atomic E-state index is 0.0997. The fourth-order valence-electron chi connectivity index (χ4n) is 1.67. The Morgan fingerprint density at radius 3 is 2.70 bits per heavy atom. The molecular weight excluding hydrogens is 390 g/mol.